The molecule has 0 rings (SSSR count). The lowest BCUT2D eigenvalue weighted by atomic mass is 10.4. The van der Waals surface area contributed by atoms with Crippen molar-refractivity contribution < 1.29 is 13.6 Å². The summed E-state index contributed by atoms with van der Waals surface area (Å²) >= 11 is 0. The first kappa shape index (κ1) is 14.3. The van der Waals surface area contributed by atoms with Crippen molar-refractivity contribution in [1.29, 1.82) is 0 Å². The second-order valence-electron chi connectivity index (χ2n) is 3.44. The number of hydrogen-bond acceptors (Lipinski definition) is 3. The van der Waals surface area contributed by atoms with Gasteiger partial charge in [0.25, 0.3) is 0 Å². The average molecular weight is 231 g/mol. The van der Waals surface area contributed by atoms with E-state index in [1.165, 1.54) is 6.08 Å². The van der Waals surface area contributed by atoms with Crippen LogP contribution in [0, 0.1) is 0 Å². The van der Waals surface area contributed by atoms with Gasteiger partial charge in [-0.05, 0) is 32.0 Å². The van der Waals surface area contributed by atoms with Gasteiger partial charge in [-0.25, -0.2) is 0 Å². The molecule has 88 valence electrons. The van der Waals surface area contributed by atoms with E-state index in [1.807, 2.05) is 13.5 Å². The van der Waals surface area contributed by atoms with E-state index < -0.39 is 8.56 Å². The summed E-state index contributed by atoms with van der Waals surface area (Å²) in [5, 5.41) is 2.79. The highest BCUT2D eigenvalue weighted by atomic mass is 28.4. The Hall–Kier alpha value is -0.653. The molecule has 0 saturated heterocycles. The third-order valence-electron chi connectivity index (χ3n) is 2.29. The van der Waals surface area contributed by atoms with E-state index in [2.05, 4.69) is 5.32 Å². The zero-order chi connectivity index (χ0) is 11.7. The maximum absolute atomic E-state index is 11.1. The van der Waals surface area contributed by atoms with Crippen molar-refractivity contribution in [3.63, 3.8) is 0 Å². The molecule has 4 nitrogen and oxygen atoms in total. The first-order valence-corrected chi connectivity index (χ1v) is 7.61. The van der Waals surface area contributed by atoms with Crippen LogP contribution in [0.3, 0.4) is 0 Å². The fraction of sp³-hybridized carbons (Fsp3) is 0.700. The zero-order valence-corrected chi connectivity index (χ0v) is 11.0. The minimum absolute atomic E-state index is 0.0456. The van der Waals surface area contributed by atoms with Gasteiger partial charge in [-0.1, -0.05) is 6.08 Å². The van der Waals surface area contributed by atoms with Crippen LogP contribution in [-0.4, -0.2) is 35.2 Å². The summed E-state index contributed by atoms with van der Waals surface area (Å²) in [6.45, 7) is 4.50. The molecule has 15 heavy (non-hydrogen) atoms. The fourth-order valence-electron chi connectivity index (χ4n) is 1.12. The van der Waals surface area contributed by atoms with E-state index in [9.17, 15) is 4.79 Å². The van der Waals surface area contributed by atoms with Gasteiger partial charge in [0.2, 0.25) is 5.91 Å². The summed E-state index contributed by atoms with van der Waals surface area (Å²) in [6, 6.07) is 0.885. The molecule has 0 aliphatic heterocycles. The van der Waals surface area contributed by atoms with Gasteiger partial charge >= 0.3 is 8.56 Å². The standard InChI is InChI=1S/C10H21NO3Si/c1-5-7-10(12)11-8-6-9-15(4,13-2)14-3/h5,7H,6,8-9H2,1-4H3,(H,11,12). The number of rotatable bonds is 7. The maximum Gasteiger partial charge on any atom is 0.334 e. The van der Waals surface area contributed by atoms with Crippen molar-refractivity contribution in [2.45, 2.75) is 25.9 Å². The molecule has 0 aromatic rings. The van der Waals surface area contributed by atoms with Gasteiger partial charge < -0.3 is 14.2 Å². The largest absolute Gasteiger partial charge is 0.398 e. The first-order valence-electron chi connectivity index (χ1n) is 5.09. The number of nitrogens with one attached hydrogen (secondary N) is 1. The summed E-state index contributed by atoms with van der Waals surface area (Å²) < 4.78 is 10.7. The van der Waals surface area contributed by atoms with Gasteiger partial charge in [0.1, 0.15) is 0 Å². The van der Waals surface area contributed by atoms with Crippen molar-refractivity contribution in [3.8, 4) is 0 Å². The van der Waals surface area contributed by atoms with Crippen LogP contribution in [0.15, 0.2) is 12.2 Å². The molecular weight excluding hydrogens is 210 g/mol. The van der Waals surface area contributed by atoms with Crippen molar-refractivity contribution >= 4 is 14.5 Å². The lowest BCUT2D eigenvalue weighted by molar-refractivity contribution is -0.116. The third-order valence-corrected chi connectivity index (χ3v) is 5.28. The summed E-state index contributed by atoms with van der Waals surface area (Å²) in [7, 11) is 1.39. The van der Waals surface area contributed by atoms with E-state index >= 15 is 0 Å². The van der Waals surface area contributed by atoms with Gasteiger partial charge in [0, 0.05) is 20.8 Å². The van der Waals surface area contributed by atoms with E-state index in [1.54, 1.807) is 20.3 Å². The molecule has 0 aliphatic carbocycles. The number of carbonyl (C=O) groups is 1. The van der Waals surface area contributed by atoms with Crippen molar-refractivity contribution in [2.75, 3.05) is 20.8 Å². The fourth-order valence-corrected chi connectivity index (χ4v) is 2.51. The van der Waals surface area contributed by atoms with Crippen LogP contribution >= 0.6 is 0 Å². The second kappa shape index (κ2) is 7.61. The van der Waals surface area contributed by atoms with Crippen LogP contribution in [0.4, 0.5) is 0 Å². The molecule has 0 fully saturated rings. The predicted octanol–water partition coefficient (Wildman–Crippen LogP) is 1.43. The molecule has 5 heteroatoms. The van der Waals surface area contributed by atoms with Crippen molar-refractivity contribution in [1.82, 2.24) is 5.32 Å². The molecule has 0 aromatic heterocycles. The average Bonchev–Trinajstić information content (AvgIpc) is 2.24. The highest BCUT2D eigenvalue weighted by molar-refractivity contribution is 6.65. The topological polar surface area (TPSA) is 47.6 Å². The number of carbonyl (C=O) groups excluding carboxylic acids is 1. The predicted molar refractivity (Wildman–Crippen MR) is 62.9 cm³/mol. The van der Waals surface area contributed by atoms with Gasteiger partial charge in [0.15, 0.2) is 0 Å². The minimum Gasteiger partial charge on any atom is -0.398 e. The quantitative estimate of drug-likeness (QED) is 0.410. The highest BCUT2D eigenvalue weighted by Crippen LogP contribution is 2.12. The van der Waals surface area contributed by atoms with Crippen LogP contribution in [0.1, 0.15) is 13.3 Å². The molecule has 1 amide bonds. The molecule has 0 atom stereocenters. The summed E-state index contributed by atoms with van der Waals surface area (Å²) in [5.74, 6) is -0.0456. The van der Waals surface area contributed by atoms with Crippen molar-refractivity contribution in [2.24, 2.45) is 0 Å². The molecule has 0 heterocycles. The van der Waals surface area contributed by atoms with Crippen LogP contribution in [-0.2, 0) is 13.6 Å². The normalized spacial score (nSPS) is 12.0. The van der Waals surface area contributed by atoms with E-state index in [4.69, 9.17) is 8.85 Å². The Morgan fingerprint density at radius 3 is 2.47 bits per heavy atom. The Kier molecular flexibility index (Phi) is 7.28. The second-order valence-corrected chi connectivity index (χ2v) is 7.02. The van der Waals surface area contributed by atoms with E-state index in [0.717, 1.165) is 12.5 Å². The monoisotopic (exact) mass is 231 g/mol. The first-order chi connectivity index (χ1) is 7.08. The maximum atomic E-state index is 11.1. The van der Waals surface area contributed by atoms with E-state index in [0.29, 0.717) is 6.54 Å². The van der Waals surface area contributed by atoms with Gasteiger partial charge in [-0.2, -0.15) is 0 Å². The lowest BCUT2D eigenvalue weighted by Crippen LogP contribution is -2.37. The van der Waals surface area contributed by atoms with Crippen LogP contribution in [0.2, 0.25) is 12.6 Å². The van der Waals surface area contributed by atoms with Crippen LogP contribution < -0.4 is 5.32 Å². The Labute approximate surface area is 92.9 Å². The molecule has 0 aliphatic rings. The zero-order valence-electron chi connectivity index (χ0n) is 10.0. The van der Waals surface area contributed by atoms with Gasteiger partial charge in [-0.15, -0.1) is 0 Å². The Bertz CT molecular complexity index is 215. The molecule has 0 spiro atoms. The Morgan fingerprint density at radius 1 is 1.40 bits per heavy atom. The van der Waals surface area contributed by atoms with Gasteiger partial charge in [0.05, 0.1) is 0 Å². The molecular formula is C10H21NO3Si. The molecule has 0 saturated carbocycles. The smallest absolute Gasteiger partial charge is 0.334 e. The third kappa shape index (κ3) is 6.43. The summed E-state index contributed by atoms with van der Waals surface area (Å²) in [6.07, 6.45) is 4.12. The molecule has 0 unspecified atom stereocenters. The van der Waals surface area contributed by atoms with E-state index in [-0.39, 0.29) is 5.91 Å². The number of allylic oxidation sites excluding steroid dienone is 1. The van der Waals surface area contributed by atoms with Crippen LogP contribution in [0.5, 0.6) is 0 Å². The number of amides is 1. The molecule has 1 N–H and O–H groups in total. The lowest BCUT2D eigenvalue weighted by Gasteiger charge is -2.22. The van der Waals surface area contributed by atoms with Crippen molar-refractivity contribution in [3.05, 3.63) is 12.2 Å². The van der Waals surface area contributed by atoms with Crippen LogP contribution in [0.25, 0.3) is 0 Å². The van der Waals surface area contributed by atoms with Gasteiger partial charge in [-0.3, -0.25) is 4.79 Å². The SMILES string of the molecule is CC=CC(=O)NCCC[Si](C)(OC)OC. The summed E-state index contributed by atoms with van der Waals surface area (Å²) in [5.41, 5.74) is 0. The minimum atomic E-state index is -1.96. The Morgan fingerprint density at radius 2 is 2.00 bits per heavy atom. The summed E-state index contributed by atoms with van der Waals surface area (Å²) in [4.78, 5) is 11.1. The number of hydrogen-bond donors (Lipinski definition) is 1. The highest BCUT2D eigenvalue weighted by Gasteiger charge is 2.27. The molecule has 0 radical (unpaired) electrons. The molecule has 0 aromatic carbocycles. The Balaban J connectivity index is 3.66. The molecule has 0 bridgehead atoms.